The topological polar surface area (TPSA) is 83.5 Å². The molecule has 10 heteroatoms. The van der Waals surface area contributed by atoms with Crippen LogP contribution in [0.5, 0.6) is 0 Å². The van der Waals surface area contributed by atoms with Crippen LogP contribution in [0, 0.1) is 0 Å². The van der Waals surface area contributed by atoms with E-state index >= 15 is 0 Å². The quantitative estimate of drug-likeness (QED) is 0.231. The van der Waals surface area contributed by atoms with Crippen LogP contribution >= 0.6 is 22.9 Å². The van der Waals surface area contributed by atoms with Crippen LogP contribution in [0.15, 0.2) is 102 Å². The van der Waals surface area contributed by atoms with Crippen LogP contribution < -0.4 is 4.90 Å². The van der Waals surface area contributed by atoms with E-state index in [1.807, 2.05) is 48.5 Å². The van der Waals surface area contributed by atoms with Gasteiger partial charge in [0.25, 0.3) is 5.91 Å². The molecule has 0 aliphatic carbocycles. The van der Waals surface area contributed by atoms with Crippen LogP contribution in [0.25, 0.3) is 10.2 Å². The SMILES string of the molecule is CN(Cc1ccccc1)S(=O)(=O)c1ccc(C(=O)N(Cc2cccnc2)c2nc3c(Cl)cccc3s2)cc1. The molecule has 2 aromatic heterocycles. The van der Waals surface area contributed by atoms with Gasteiger partial charge in [-0.15, -0.1) is 0 Å². The normalized spacial score (nSPS) is 11.7. The summed E-state index contributed by atoms with van der Waals surface area (Å²) in [7, 11) is -2.21. The summed E-state index contributed by atoms with van der Waals surface area (Å²) in [5, 5.41) is 0.995. The molecule has 0 radical (unpaired) electrons. The summed E-state index contributed by atoms with van der Waals surface area (Å²) in [6.07, 6.45) is 3.36. The van der Waals surface area contributed by atoms with Crippen molar-refractivity contribution < 1.29 is 13.2 Å². The second kappa shape index (κ2) is 11.0. The Bertz CT molecular complexity index is 1680. The average molecular weight is 563 g/mol. The molecule has 7 nitrogen and oxygen atoms in total. The lowest BCUT2D eigenvalue weighted by Crippen LogP contribution is -2.30. The molecule has 0 spiro atoms. The molecule has 0 aliphatic heterocycles. The van der Waals surface area contributed by atoms with Crippen molar-refractivity contribution in [1.82, 2.24) is 14.3 Å². The summed E-state index contributed by atoms with van der Waals surface area (Å²) in [6.45, 7) is 0.479. The molecular formula is C28H23ClN4O3S2. The highest BCUT2D eigenvalue weighted by molar-refractivity contribution is 7.89. The maximum absolute atomic E-state index is 13.7. The Kier molecular flexibility index (Phi) is 7.53. The van der Waals surface area contributed by atoms with Gasteiger partial charge in [0.05, 0.1) is 21.2 Å². The van der Waals surface area contributed by atoms with Crippen LogP contribution in [0.3, 0.4) is 0 Å². The number of benzene rings is 3. The second-order valence-electron chi connectivity index (χ2n) is 8.61. The number of hydrogen-bond acceptors (Lipinski definition) is 6. The number of nitrogens with zero attached hydrogens (tertiary/aromatic N) is 4. The summed E-state index contributed by atoms with van der Waals surface area (Å²) in [5.41, 5.74) is 2.67. The van der Waals surface area contributed by atoms with Gasteiger partial charge < -0.3 is 0 Å². The molecule has 0 unspecified atom stereocenters. The zero-order valence-electron chi connectivity index (χ0n) is 20.4. The Morgan fingerprint density at radius 2 is 1.63 bits per heavy atom. The van der Waals surface area contributed by atoms with Gasteiger partial charge in [-0.2, -0.15) is 4.31 Å². The van der Waals surface area contributed by atoms with E-state index in [0.717, 1.165) is 15.8 Å². The summed E-state index contributed by atoms with van der Waals surface area (Å²) in [6, 6.07) is 24.5. The molecule has 0 aliphatic rings. The fraction of sp³-hybridized carbons (Fsp3) is 0.107. The number of rotatable bonds is 8. The second-order valence-corrected chi connectivity index (χ2v) is 12.1. The number of thiazole rings is 1. The standard InChI is InChI=1S/C28H23ClN4O3S2/c1-32(18-20-7-3-2-4-8-20)38(35,36)23-14-12-22(13-15-23)27(34)33(19-21-9-6-16-30-17-21)28-31-26-24(29)10-5-11-25(26)37-28/h2-17H,18-19H2,1H3. The largest absolute Gasteiger partial charge is 0.279 e. The van der Waals surface area contributed by atoms with Crippen LogP contribution in [-0.2, 0) is 23.1 Å². The zero-order chi connectivity index (χ0) is 26.7. The minimum atomic E-state index is -3.75. The lowest BCUT2D eigenvalue weighted by atomic mass is 10.2. The van der Waals surface area contributed by atoms with Crippen molar-refractivity contribution in [2.45, 2.75) is 18.0 Å². The number of para-hydroxylation sites is 1. The van der Waals surface area contributed by atoms with E-state index < -0.39 is 10.0 Å². The molecule has 192 valence electrons. The van der Waals surface area contributed by atoms with E-state index in [0.29, 0.717) is 21.2 Å². The van der Waals surface area contributed by atoms with Gasteiger partial charge in [0.2, 0.25) is 10.0 Å². The van der Waals surface area contributed by atoms with Gasteiger partial charge in [-0.3, -0.25) is 14.7 Å². The van der Waals surface area contributed by atoms with E-state index in [9.17, 15) is 13.2 Å². The van der Waals surface area contributed by atoms with Crippen molar-refractivity contribution in [2.24, 2.45) is 0 Å². The molecule has 2 heterocycles. The molecule has 0 N–H and O–H groups in total. The number of sulfonamides is 1. The molecule has 0 bridgehead atoms. The number of amides is 1. The molecule has 38 heavy (non-hydrogen) atoms. The molecule has 0 fully saturated rings. The maximum atomic E-state index is 13.7. The van der Waals surface area contributed by atoms with Gasteiger partial charge in [-0.05, 0) is 53.6 Å². The Balaban J connectivity index is 1.44. The summed E-state index contributed by atoms with van der Waals surface area (Å²) < 4.78 is 28.4. The van der Waals surface area contributed by atoms with Crippen LogP contribution in [0.4, 0.5) is 5.13 Å². The van der Waals surface area contributed by atoms with Gasteiger partial charge in [0.1, 0.15) is 5.52 Å². The first-order valence-corrected chi connectivity index (χ1v) is 14.3. The number of carbonyl (C=O) groups is 1. The third-order valence-corrected chi connectivity index (χ3v) is 9.12. The maximum Gasteiger partial charge on any atom is 0.260 e. The molecular weight excluding hydrogens is 540 g/mol. The first-order valence-electron chi connectivity index (χ1n) is 11.7. The number of anilines is 1. The first-order chi connectivity index (χ1) is 18.3. The fourth-order valence-electron chi connectivity index (χ4n) is 3.95. The van der Waals surface area contributed by atoms with Crippen molar-refractivity contribution >= 4 is 54.2 Å². The molecule has 0 saturated carbocycles. The number of pyridine rings is 1. The predicted octanol–water partition coefficient (Wildman–Crippen LogP) is 6.01. The predicted molar refractivity (Wildman–Crippen MR) is 151 cm³/mol. The lowest BCUT2D eigenvalue weighted by Gasteiger charge is -2.21. The first kappa shape index (κ1) is 26.0. The average Bonchev–Trinajstić information content (AvgIpc) is 3.38. The van der Waals surface area contributed by atoms with Gasteiger partial charge in [0, 0.05) is 31.5 Å². The number of carbonyl (C=O) groups excluding carboxylic acids is 1. The highest BCUT2D eigenvalue weighted by atomic mass is 35.5. The third kappa shape index (κ3) is 5.46. The number of fused-ring (bicyclic) bond motifs is 1. The van der Waals surface area contributed by atoms with Gasteiger partial charge in [-0.1, -0.05) is 65.4 Å². The molecule has 3 aromatic carbocycles. The molecule has 5 rings (SSSR count). The van der Waals surface area contributed by atoms with E-state index in [2.05, 4.69) is 9.97 Å². The van der Waals surface area contributed by atoms with Gasteiger partial charge in [-0.25, -0.2) is 13.4 Å². The Hall–Kier alpha value is -3.63. The minimum Gasteiger partial charge on any atom is -0.279 e. The van der Waals surface area contributed by atoms with E-state index in [4.69, 9.17) is 11.6 Å². The van der Waals surface area contributed by atoms with Gasteiger partial charge in [0.15, 0.2) is 5.13 Å². The Morgan fingerprint density at radius 1 is 0.895 bits per heavy atom. The van der Waals surface area contributed by atoms with Crippen LogP contribution in [-0.4, -0.2) is 35.6 Å². The van der Waals surface area contributed by atoms with Crippen molar-refractivity contribution in [3.8, 4) is 0 Å². The highest BCUT2D eigenvalue weighted by Gasteiger charge is 2.25. The Labute approximate surface area is 230 Å². The van der Waals surface area contributed by atoms with Crippen LogP contribution in [0.2, 0.25) is 5.02 Å². The molecule has 1 amide bonds. The van der Waals surface area contributed by atoms with E-state index in [1.165, 1.54) is 47.0 Å². The van der Waals surface area contributed by atoms with Gasteiger partial charge >= 0.3 is 0 Å². The summed E-state index contributed by atoms with van der Waals surface area (Å²) in [5.74, 6) is -0.314. The van der Waals surface area contributed by atoms with Crippen LogP contribution in [0.1, 0.15) is 21.5 Å². The number of hydrogen-bond donors (Lipinski definition) is 0. The molecule has 0 saturated heterocycles. The Morgan fingerprint density at radius 3 is 2.32 bits per heavy atom. The van der Waals surface area contributed by atoms with E-state index in [-0.39, 0.29) is 23.9 Å². The number of halogens is 1. The highest BCUT2D eigenvalue weighted by Crippen LogP contribution is 2.34. The fourth-order valence-corrected chi connectivity index (χ4v) is 6.37. The third-order valence-electron chi connectivity index (χ3n) is 5.96. The molecule has 5 aromatic rings. The molecule has 0 atom stereocenters. The number of aromatic nitrogens is 2. The van der Waals surface area contributed by atoms with Crippen molar-refractivity contribution in [2.75, 3.05) is 11.9 Å². The van der Waals surface area contributed by atoms with Crippen molar-refractivity contribution in [1.29, 1.82) is 0 Å². The van der Waals surface area contributed by atoms with E-state index in [1.54, 1.807) is 29.4 Å². The summed E-state index contributed by atoms with van der Waals surface area (Å²) in [4.78, 5) is 24.2. The van der Waals surface area contributed by atoms with Crippen molar-refractivity contribution in [3.63, 3.8) is 0 Å². The smallest absolute Gasteiger partial charge is 0.260 e. The summed E-state index contributed by atoms with van der Waals surface area (Å²) >= 11 is 7.70. The monoisotopic (exact) mass is 562 g/mol. The minimum absolute atomic E-state index is 0.109. The van der Waals surface area contributed by atoms with Crippen molar-refractivity contribution in [3.05, 3.63) is 119 Å². The zero-order valence-corrected chi connectivity index (χ0v) is 22.7. The lowest BCUT2D eigenvalue weighted by molar-refractivity contribution is 0.0985.